The van der Waals surface area contributed by atoms with Crippen LogP contribution in [-0.4, -0.2) is 87.5 Å². The zero-order chi connectivity index (χ0) is 55.0. The molecule has 7 unspecified atom stereocenters. The highest BCUT2D eigenvalue weighted by Crippen LogP contribution is 2.23. The van der Waals surface area contributed by atoms with Crippen molar-refractivity contribution in [1.82, 2.24) is 5.32 Å². The molecule has 7 atom stereocenters. The molecule has 0 saturated carbocycles. The van der Waals surface area contributed by atoms with E-state index in [-0.39, 0.29) is 12.5 Å². The summed E-state index contributed by atoms with van der Waals surface area (Å²) in [6.07, 6.45) is 69.2. The predicted molar refractivity (Wildman–Crippen MR) is 323 cm³/mol. The summed E-state index contributed by atoms with van der Waals surface area (Å²) < 4.78 is 11.3. The molecule has 0 aromatic heterocycles. The number of aliphatic hydroxyl groups is 5. The lowest BCUT2D eigenvalue weighted by Gasteiger charge is -2.40. The zero-order valence-corrected chi connectivity index (χ0v) is 49.8. The second-order valence-corrected chi connectivity index (χ2v) is 22.9. The first-order chi connectivity index (χ1) is 37.3. The number of amides is 1. The van der Waals surface area contributed by atoms with Crippen LogP contribution in [0.1, 0.15) is 316 Å². The fourth-order valence-corrected chi connectivity index (χ4v) is 10.4. The summed E-state index contributed by atoms with van der Waals surface area (Å²) in [5, 5.41) is 54.6. The molecule has 76 heavy (non-hydrogen) atoms. The van der Waals surface area contributed by atoms with E-state index in [9.17, 15) is 30.3 Å². The molecular weight excluding hydrogens is 947 g/mol. The first kappa shape index (κ1) is 72.2. The molecule has 0 aromatic rings. The maximum absolute atomic E-state index is 13.1. The maximum atomic E-state index is 13.1. The molecule has 1 saturated heterocycles. The minimum atomic E-state index is -1.58. The predicted octanol–water partition coefficient (Wildman–Crippen LogP) is 17.2. The fourth-order valence-electron chi connectivity index (χ4n) is 10.4. The van der Waals surface area contributed by atoms with Gasteiger partial charge in [0.25, 0.3) is 0 Å². The van der Waals surface area contributed by atoms with Crippen molar-refractivity contribution in [2.24, 2.45) is 0 Å². The smallest absolute Gasteiger partial charge is 0.220 e. The molecule has 9 heteroatoms. The minimum absolute atomic E-state index is 0.187. The van der Waals surface area contributed by atoms with Gasteiger partial charge in [0, 0.05) is 6.42 Å². The minimum Gasteiger partial charge on any atom is -0.394 e. The molecule has 1 heterocycles. The maximum Gasteiger partial charge on any atom is 0.220 e. The lowest BCUT2D eigenvalue weighted by atomic mass is 9.99. The number of carbonyl (C=O) groups excluding carboxylic acids is 1. The Morgan fingerprint density at radius 3 is 1.11 bits per heavy atom. The Bertz CT molecular complexity index is 1340. The number of nitrogens with one attached hydrogen (secondary N) is 1. The van der Waals surface area contributed by atoms with Crippen LogP contribution in [0.3, 0.4) is 0 Å². The van der Waals surface area contributed by atoms with Gasteiger partial charge < -0.3 is 40.3 Å². The molecule has 1 aliphatic heterocycles. The van der Waals surface area contributed by atoms with E-state index in [2.05, 4.69) is 55.6 Å². The van der Waals surface area contributed by atoms with Crippen molar-refractivity contribution < 1.29 is 39.8 Å². The van der Waals surface area contributed by atoms with Gasteiger partial charge >= 0.3 is 0 Å². The highest BCUT2D eigenvalue weighted by atomic mass is 16.7. The normalized spacial score (nSPS) is 19.1. The van der Waals surface area contributed by atoms with E-state index in [4.69, 9.17) is 9.47 Å². The molecule has 0 aliphatic carbocycles. The first-order valence-corrected chi connectivity index (χ1v) is 32.9. The van der Waals surface area contributed by atoms with Gasteiger partial charge in [-0.25, -0.2) is 0 Å². The van der Waals surface area contributed by atoms with Crippen LogP contribution < -0.4 is 5.32 Å². The van der Waals surface area contributed by atoms with Gasteiger partial charge in [-0.1, -0.05) is 287 Å². The fraction of sp³-hybridized carbons (Fsp3) is 0.866. The Kier molecular flexibility index (Phi) is 53.6. The molecule has 0 aromatic carbocycles. The van der Waals surface area contributed by atoms with Gasteiger partial charge in [-0.3, -0.25) is 4.79 Å². The molecule has 1 rings (SSSR count). The number of carbonyl (C=O) groups is 1. The highest BCUT2D eigenvalue weighted by Gasteiger charge is 2.44. The molecule has 0 bridgehead atoms. The van der Waals surface area contributed by atoms with Crippen molar-refractivity contribution in [3.63, 3.8) is 0 Å². The average molecular weight is 1070 g/mol. The third-order valence-electron chi connectivity index (χ3n) is 15.6. The van der Waals surface area contributed by atoms with Crippen LogP contribution in [0.15, 0.2) is 48.6 Å². The monoisotopic (exact) mass is 1070 g/mol. The summed E-state index contributed by atoms with van der Waals surface area (Å²) in [4.78, 5) is 13.1. The quantitative estimate of drug-likeness (QED) is 0.0261. The van der Waals surface area contributed by atoms with E-state index in [1.54, 1.807) is 6.08 Å². The van der Waals surface area contributed by atoms with E-state index >= 15 is 0 Å². The van der Waals surface area contributed by atoms with Crippen LogP contribution in [-0.2, 0) is 14.3 Å². The summed E-state index contributed by atoms with van der Waals surface area (Å²) >= 11 is 0. The molecular formula is C67H125NO8. The SMILES string of the molecule is CCCCCCCCCCCCCC/C=C\CCCCCCCCCCCCCCCCCC(=O)NC(COC1OC(CO)C(O)C(O)C1O)C(O)/C=C/CC/C=C/CC/C=C/CCCCCCCCCCCCCC. The van der Waals surface area contributed by atoms with Gasteiger partial charge in [-0.05, 0) is 70.6 Å². The third kappa shape index (κ3) is 44.9. The number of allylic oxidation sites excluding steroid dienone is 7. The van der Waals surface area contributed by atoms with Crippen molar-refractivity contribution >= 4 is 5.91 Å². The summed E-state index contributed by atoms with van der Waals surface area (Å²) in [6, 6.07) is -0.829. The molecule has 1 amide bonds. The van der Waals surface area contributed by atoms with E-state index in [1.165, 1.54) is 250 Å². The summed E-state index contributed by atoms with van der Waals surface area (Å²) in [5.74, 6) is -0.187. The van der Waals surface area contributed by atoms with Crippen molar-refractivity contribution in [1.29, 1.82) is 0 Å². The van der Waals surface area contributed by atoms with Crippen molar-refractivity contribution in [2.75, 3.05) is 13.2 Å². The Morgan fingerprint density at radius 1 is 0.434 bits per heavy atom. The van der Waals surface area contributed by atoms with Crippen LogP contribution >= 0.6 is 0 Å². The van der Waals surface area contributed by atoms with Gasteiger partial charge in [0.15, 0.2) is 6.29 Å². The standard InChI is InChI=1S/C67H125NO8/c1-3-5-7-9-11-13-15-17-19-21-23-25-27-28-29-30-31-32-33-34-35-37-39-41-43-45-47-49-51-53-55-57-63(71)68-60(59-75-67-66(74)65(73)64(72)62(58-69)76-67)61(70)56-54-52-50-48-46-44-42-40-38-36-26-24-22-20-18-16-14-12-10-8-6-4-2/h28-29,38,40,46,48,54,56,60-62,64-67,69-70,72-74H,3-27,30-37,39,41-45,47,49-53,55,57-59H2,1-2H3,(H,68,71)/b29-28-,40-38+,48-46+,56-54+. The number of unbranched alkanes of at least 4 members (excludes halogenated alkanes) is 41. The van der Waals surface area contributed by atoms with Gasteiger partial charge in [0.05, 0.1) is 25.4 Å². The molecule has 6 N–H and O–H groups in total. The molecule has 0 radical (unpaired) electrons. The Morgan fingerprint density at radius 2 is 0.750 bits per heavy atom. The highest BCUT2D eigenvalue weighted by molar-refractivity contribution is 5.76. The van der Waals surface area contributed by atoms with E-state index in [1.807, 2.05) is 6.08 Å². The number of ether oxygens (including phenoxy) is 2. The van der Waals surface area contributed by atoms with Crippen LogP contribution in [0.4, 0.5) is 0 Å². The number of hydrogen-bond acceptors (Lipinski definition) is 8. The van der Waals surface area contributed by atoms with Crippen LogP contribution in [0, 0.1) is 0 Å². The van der Waals surface area contributed by atoms with Crippen molar-refractivity contribution in [3.8, 4) is 0 Å². The first-order valence-electron chi connectivity index (χ1n) is 32.9. The van der Waals surface area contributed by atoms with Crippen LogP contribution in [0.25, 0.3) is 0 Å². The van der Waals surface area contributed by atoms with Crippen molar-refractivity contribution in [3.05, 3.63) is 48.6 Å². The largest absolute Gasteiger partial charge is 0.394 e. The van der Waals surface area contributed by atoms with Gasteiger partial charge in [-0.15, -0.1) is 0 Å². The molecule has 1 aliphatic rings. The summed E-state index contributed by atoms with van der Waals surface area (Å²) in [6.45, 7) is 3.80. The lowest BCUT2D eigenvalue weighted by molar-refractivity contribution is -0.302. The lowest BCUT2D eigenvalue weighted by Crippen LogP contribution is -2.60. The number of rotatable bonds is 57. The van der Waals surface area contributed by atoms with E-state index in [0.717, 1.165) is 44.9 Å². The van der Waals surface area contributed by atoms with Crippen LogP contribution in [0.5, 0.6) is 0 Å². The molecule has 0 spiro atoms. The number of aliphatic hydroxyl groups excluding tert-OH is 5. The zero-order valence-electron chi connectivity index (χ0n) is 49.8. The molecule has 1 fully saturated rings. The average Bonchev–Trinajstić information content (AvgIpc) is 3.42. The van der Waals surface area contributed by atoms with Crippen LogP contribution in [0.2, 0.25) is 0 Å². The van der Waals surface area contributed by atoms with E-state index in [0.29, 0.717) is 6.42 Å². The third-order valence-corrected chi connectivity index (χ3v) is 15.6. The summed E-state index contributed by atoms with van der Waals surface area (Å²) in [7, 11) is 0. The Hall–Kier alpha value is -1.85. The van der Waals surface area contributed by atoms with Gasteiger partial charge in [-0.2, -0.15) is 0 Å². The second-order valence-electron chi connectivity index (χ2n) is 22.9. The van der Waals surface area contributed by atoms with Gasteiger partial charge in [0.2, 0.25) is 5.91 Å². The molecule has 446 valence electrons. The van der Waals surface area contributed by atoms with Gasteiger partial charge in [0.1, 0.15) is 24.4 Å². The Labute approximate surface area is 469 Å². The summed E-state index contributed by atoms with van der Waals surface area (Å²) in [5.41, 5.74) is 0. The Balaban J connectivity index is 2.17. The molecule has 9 nitrogen and oxygen atoms in total. The van der Waals surface area contributed by atoms with E-state index < -0.39 is 49.5 Å². The topological polar surface area (TPSA) is 149 Å². The number of hydrogen-bond donors (Lipinski definition) is 6. The second kappa shape index (κ2) is 56.4. The van der Waals surface area contributed by atoms with Crippen molar-refractivity contribution in [2.45, 2.75) is 358 Å².